The highest BCUT2D eigenvalue weighted by atomic mass is 16.5. The molecule has 0 saturated carbocycles. The fraction of sp³-hybridized carbons (Fsp3) is 0.179. The first-order chi connectivity index (χ1) is 16.0. The van der Waals surface area contributed by atoms with Gasteiger partial charge in [-0.1, -0.05) is 54.6 Å². The van der Waals surface area contributed by atoms with Crippen LogP contribution in [0.1, 0.15) is 35.5 Å². The van der Waals surface area contributed by atoms with Gasteiger partial charge in [0, 0.05) is 18.7 Å². The number of amides is 1. The summed E-state index contributed by atoms with van der Waals surface area (Å²) < 4.78 is 17.1. The minimum absolute atomic E-state index is 0.169. The van der Waals surface area contributed by atoms with Crippen LogP contribution in [0.15, 0.2) is 83.3 Å². The lowest BCUT2D eigenvalue weighted by atomic mass is 9.86. The van der Waals surface area contributed by atoms with Crippen molar-refractivity contribution in [2.45, 2.75) is 19.8 Å². The molecule has 4 rings (SSSR count). The number of nitrogens with one attached hydrogen (secondary N) is 1. The van der Waals surface area contributed by atoms with Crippen LogP contribution in [0, 0.1) is 6.92 Å². The van der Waals surface area contributed by atoms with Crippen LogP contribution < -0.4 is 14.8 Å². The molecule has 0 aliphatic carbocycles. The summed E-state index contributed by atoms with van der Waals surface area (Å²) in [5.74, 6) is 2.29. The van der Waals surface area contributed by atoms with E-state index in [2.05, 4.69) is 41.7 Å². The molecule has 0 aliphatic heterocycles. The molecule has 5 heteroatoms. The van der Waals surface area contributed by atoms with Gasteiger partial charge < -0.3 is 19.2 Å². The van der Waals surface area contributed by atoms with Gasteiger partial charge in [-0.3, -0.25) is 4.79 Å². The Hall–Kier alpha value is -3.99. The Morgan fingerprint density at radius 1 is 0.848 bits per heavy atom. The van der Waals surface area contributed by atoms with Gasteiger partial charge in [-0.05, 0) is 47.4 Å². The van der Waals surface area contributed by atoms with Gasteiger partial charge in [-0.15, -0.1) is 0 Å². The molecule has 0 bridgehead atoms. The Morgan fingerprint density at radius 3 is 2.06 bits per heavy atom. The van der Waals surface area contributed by atoms with Gasteiger partial charge in [-0.2, -0.15) is 0 Å². The van der Waals surface area contributed by atoms with Gasteiger partial charge >= 0.3 is 0 Å². The third-order valence-electron chi connectivity index (χ3n) is 5.57. The molecule has 0 fully saturated rings. The van der Waals surface area contributed by atoms with Crippen LogP contribution in [0.5, 0.6) is 11.5 Å². The number of ether oxygens (including phenoxy) is 2. The fourth-order valence-electron chi connectivity index (χ4n) is 4.04. The zero-order chi connectivity index (χ0) is 23.4. The number of benzene rings is 3. The van der Waals surface area contributed by atoms with Crippen LogP contribution >= 0.6 is 0 Å². The molecule has 168 valence electrons. The quantitative estimate of drug-likeness (QED) is 0.360. The summed E-state index contributed by atoms with van der Waals surface area (Å²) in [6.45, 7) is 3.41. The van der Waals surface area contributed by atoms with Gasteiger partial charge in [0.25, 0.3) is 0 Å². The van der Waals surface area contributed by atoms with E-state index in [-0.39, 0.29) is 11.8 Å². The van der Waals surface area contributed by atoms with E-state index in [1.54, 1.807) is 20.3 Å². The predicted molar refractivity (Wildman–Crippen MR) is 130 cm³/mol. The maximum absolute atomic E-state index is 12.0. The average Bonchev–Trinajstić information content (AvgIpc) is 3.26. The number of carbonyl (C=O) groups excluding carboxylic acids is 1. The molecule has 0 saturated heterocycles. The Bertz CT molecular complexity index is 1240. The molecule has 3 aromatic carbocycles. The SMILES string of the molecule is COc1cc(NC(C)=O)c([C@@H](c2ccc(-c3ccccc3)cc2)c2ccc(C)o2)cc1OC. The fourth-order valence-corrected chi connectivity index (χ4v) is 4.04. The second-order valence-corrected chi connectivity index (χ2v) is 7.85. The van der Waals surface area contributed by atoms with Crippen LogP contribution in [-0.4, -0.2) is 20.1 Å². The lowest BCUT2D eigenvalue weighted by Crippen LogP contribution is -2.12. The molecule has 5 nitrogen and oxygen atoms in total. The van der Waals surface area contributed by atoms with Crippen molar-refractivity contribution >= 4 is 11.6 Å². The van der Waals surface area contributed by atoms with E-state index >= 15 is 0 Å². The summed E-state index contributed by atoms with van der Waals surface area (Å²) in [5, 5.41) is 2.95. The first-order valence-corrected chi connectivity index (χ1v) is 10.8. The Labute approximate surface area is 194 Å². The smallest absolute Gasteiger partial charge is 0.221 e. The van der Waals surface area contributed by atoms with Gasteiger partial charge in [0.2, 0.25) is 5.91 Å². The molecule has 1 heterocycles. The highest BCUT2D eigenvalue weighted by Crippen LogP contribution is 2.42. The summed E-state index contributed by atoms with van der Waals surface area (Å²) >= 11 is 0. The van der Waals surface area contributed by atoms with E-state index < -0.39 is 0 Å². The minimum atomic E-state index is -0.259. The molecule has 33 heavy (non-hydrogen) atoms. The third kappa shape index (κ3) is 4.77. The van der Waals surface area contributed by atoms with Crippen molar-refractivity contribution in [3.8, 4) is 22.6 Å². The zero-order valence-electron chi connectivity index (χ0n) is 19.2. The van der Waals surface area contributed by atoms with E-state index in [0.717, 1.165) is 33.8 Å². The van der Waals surface area contributed by atoms with Gasteiger partial charge in [0.1, 0.15) is 11.5 Å². The third-order valence-corrected chi connectivity index (χ3v) is 5.57. The van der Waals surface area contributed by atoms with Gasteiger partial charge in [0.15, 0.2) is 11.5 Å². The molecule has 0 spiro atoms. The molecule has 0 radical (unpaired) electrons. The van der Waals surface area contributed by atoms with E-state index in [1.165, 1.54) is 6.92 Å². The summed E-state index contributed by atoms with van der Waals surface area (Å²) in [6.07, 6.45) is 0. The Morgan fingerprint density at radius 2 is 1.48 bits per heavy atom. The van der Waals surface area contributed by atoms with E-state index in [0.29, 0.717) is 17.2 Å². The number of furan rings is 1. The topological polar surface area (TPSA) is 60.7 Å². The Kier molecular flexibility index (Phi) is 6.50. The monoisotopic (exact) mass is 441 g/mol. The van der Waals surface area contributed by atoms with Crippen LogP contribution in [0.2, 0.25) is 0 Å². The first-order valence-electron chi connectivity index (χ1n) is 10.8. The summed E-state index contributed by atoms with van der Waals surface area (Å²) in [7, 11) is 3.17. The number of rotatable bonds is 7. The maximum atomic E-state index is 12.0. The second-order valence-electron chi connectivity index (χ2n) is 7.85. The number of anilines is 1. The van der Waals surface area contributed by atoms with E-state index in [1.807, 2.05) is 43.3 Å². The molecule has 0 unspecified atom stereocenters. The molecule has 1 atom stereocenters. The van der Waals surface area contributed by atoms with Crippen molar-refractivity contribution in [1.29, 1.82) is 0 Å². The molecular weight excluding hydrogens is 414 g/mol. The number of methoxy groups -OCH3 is 2. The molecule has 1 N–H and O–H groups in total. The molecular formula is C28H27NO4. The van der Waals surface area contributed by atoms with E-state index in [4.69, 9.17) is 13.9 Å². The lowest BCUT2D eigenvalue weighted by molar-refractivity contribution is -0.114. The summed E-state index contributed by atoms with van der Waals surface area (Å²) in [4.78, 5) is 12.0. The second kappa shape index (κ2) is 9.65. The first kappa shape index (κ1) is 22.2. The average molecular weight is 442 g/mol. The van der Waals surface area contributed by atoms with Crippen LogP contribution in [0.25, 0.3) is 11.1 Å². The standard InChI is InChI=1S/C28H27NO4/c1-18-10-15-25(33-18)28(22-13-11-21(12-14-22)20-8-6-5-7-9-20)23-16-26(31-3)27(32-4)17-24(23)29-19(2)30/h5-17,28H,1-4H3,(H,29,30)/t28-/m1/s1. The molecule has 0 aliphatic rings. The van der Waals surface area contributed by atoms with Crippen molar-refractivity contribution in [3.05, 3.63) is 102 Å². The highest BCUT2D eigenvalue weighted by molar-refractivity contribution is 5.90. The molecule has 4 aromatic rings. The van der Waals surface area contributed by atoms with Crippen LogP contribution in [-0.2, 0) is 4.79 Å². The van der Waals surface area contributed by atoms with Crippen molar-refractivity contribution in [2.75, 3.05) is 19.5 Å². The number of hydrogen-bond acceptors (Lipinski definition) is 4. The van der Waals surface area contributed by atoms with Crippen molar-refractivity contribution in [2.24, 2.45) is 0 Å². The number of carbonyl (C=O) groups is 1. The molecule has 1 amide bonds. The lowest BCUT2D eigenvalue weighted by Gasteiger charge is -2.22. The number of aryl methyl sites for hydroxylation is 1. The highest BCUT2D eigenvalue weighted by Gasteiger charge is 2.26. The predicted octanol–water partition coefficient (Wildman–Crippen LogP) is 6.41. The van der Waals surface area contributed by atoms with E-state index in [9.17, 15) is 4.79 Å². The normalized spacial score (nSPS) is 11.6. The van der Waals surface area contributed by atoms with Gasteiger partial charge in [-0.25, -0.2) is 0 Å². The zero-order valence-corrected chi connectivity index (χ0v) is 19.2. The van der Waals surface area contributed by atoms with Crippen molar-refractivity contribution < 1.29 is 18.7 Å². The van der Waals surface area contributed by atoms with Crippen molar-refractivity contribution in [1.82, 2.24) is 0 Å². The van der Waals surface area contributed by atoms with Gasteiger partial charge in [0.05, 0.1) is 20.1 Å². The summed E-state index contributed by atoms with van der Waals surface area (Å²) in [6, 6.07) is 26.2. The van der Waals surface area contributed by atoms with Crippen LogP contribution in [0.4, 0.5) is 5.69 Å². The number of hydrogen-bond donors (Lipinski definition) is 1. The Balaban J connectivity index is 1.88. The molecule has 1 aromatic heterocycles. The minimum Gasteiger partial charge on any atom is -0.493 e. The van der Waals surface area contributed by atoms with Crippen molar-refractivity contribution in [3.63, 3.8) is 0 Å². The maximum Gasteiger partial charge on any atom is 0.221 e. The van der Waals surface area contributed by atoms with Crippen LogP contribution in [0.3, 0.4) is 0 Å². The largest absolute Gasteiger partial charge is 0.493 e. The summed E-state index contributed by atoms with van der Waals surface area (Å²) in [5.41, 5.74) is 4.81.